The van der Waals surface area contributed by atoms with Gasteiger partial charge in [-0.3, -0.25) is 4.79 Å². The number of benzene rings is 2. The maximum Gasteiger partial charge on any atom is 0.233 e. The van der Waals surface area contributed by atoms with Crippen LogP contribution in [0.25, 0.3) is 0 Å². The van der Waals surface area contributed by atoms with Crippen LogP contribution in [-0.4, -0.2) is 38.0 Å². The molecule has 1 heterocycles. The summed E-state index contributed by atoms with van der Waals surface area (Å²) < 4.78 is 20.5. The van der Waals surface area contributed by atoms with Gasteiger partial charge in [0.25, 0.3) is 0 Å². The van der Waals surface area contributed by atoms with Gasteiger partial charge in [0.1, 0.15) is 18.2 Å². The van der Waals surface area contributed by atoms with Crippen molar-refractivity contribution in [2.24, 2.45) is 0 Å². The third-order valence-corrected chi connectivity index (χ3v) is 5.90. The van der Waals surface area contributed by atoms with E-state index >= 15 is 0 Å². The summed E-state index contributed by atoms with van der Waals surface area (Å²) in [6.07, 6.45) is 0. The number of hydrogen-bond donors (Lipinski definition) is 1. The van der Waals surface area contributed by atoms with Gasteiger partial charge in [0.05, 0.1) is 5.75 Å². The van der Waals surface area contributed by atoms with Crippen LogP contribution >= 0.6 is 11.8 Å². The summed E-state index contributed by atoms with van der Waals surface area (Å²) in [4.78, 5) is 14.3. The van der Waals surface area contributed by atoms with Crippen molar-refractivity contribution in [2.75, 3.05) is 18.1 Å². The SMILES string of the molecule is CCN(Cc1cccc(F)c1)C(=O)CSc1nnc(COc2ccc(C(C)C)cc2)n1N. The van der Waals surface area contributed by atoms with Crippen LogP contribution in [0.2, 0.25) is 0 Å². The van der Waals surface area contributed by atoms with E-state index in [1.54, 1.807) is 17.0 Å². The zero-order valence-corrected chi connectivity index (χ0v) is 19.3. The predicted octanol–water partition coefficient (Wildman–Crippen LogP) is 3.97. The lowest BCUT2D eigenvalue weighted by Gasteiger charge is -2.20. The number of nitrogens with two attached hydrogens (primary N) is 1. The molecular formula is C23H28FN5O2S. The number of rotatable bonds is 10. The highest BCUT2D eigenvalue weighted by Crippen LogP contribution is 2.20. The fraction of sp³-hybridized carbons (Fsp3) is 0.348. The number of halogens is 1. The van der Waals surface area contributed by atoms with E-state index in [1.807, 2.05) is 31.2 Å². The van der Waals surface area contributed by atoms with Gasteiger partial charge in [-0.05, 0) is 48.2 Å². The largest absolute Gasteiger partial charge is 0.486 e. The molecule has 0 aliphatic heterocycles. The summed E-state index contributed by atoms with van der Waals surface area (Å²) in [6, 6.07) is 14.1. The monoisotopic (exact) mass is 457 g/mol. The van der Waals surface area contributed by atoms with Gasteiger partial charge >= 0.3 is 0 Å². The minimum absolute atomic E-state index is 0.0900. The Balaban J connectivity index is 1.53. The Morgan fingerprint density at radius 2 is 1.97 bits per heavy atom. The maximum atomic E-state index is 13.4. The Kier molecular flexibility index (Phi) is 8.10. The number of carbonyl (C=O) groups excluding carboxylic acids is 1. The van der Waals surface area contributed by atoms with Crippen molar-refractivity contribution in [3.63, 3.8) is 0 Å². The summed E-state index contributed by atoms with van der Waals surface area (Å²) in [7, 11) is 0. The molecule has 0 spiro atoms. The van der Waals surface area contributed by atoms with Gasteiger partial charge in [-0.15, -0.1) is 10.2 Å². The molecule has 0 atom stereocenters. The first-order chi connectivity index (χ1) is 15.4. The van der Waals surface area contributed by atoms with Crippen LogP contribution in [0.1, 0.15) is 43.6 Å². The molecule has 1 aromatic heterocycles. The van der Waals surface area contributed by atoms with E-state index < -0.39 is 0 Å². The minimum atomic E-state index is -0.317. The molecule has 0 fully saturated rings. The number of ether oxygens (including phenoxy) is 1. The lowest BCUT2D eigenvalue weighted by molar-refractivity contribution is -0.128. The van der Waals surface area contributed by atoms with Gasteiger partial charge in [0, 0.05) is 13.1 Å². The molecule has 0 unspecified atom stereocenters. The average molecular weight is 458 g/mol. The summed E-state index contributed by atoms with van der Waals surface area (Å²) in [5.74, 6) is 7.47. The average Bonchev–Trinajstić information content (AvgIpc) is 3.14. The third kappa shape index (κ3) is 6.23. The van der Waals surface area contributed by atoms with Crippen molar-refractivity contribution in [1.29, 1.82) is 0 Å². The van der Waals surface area contributed by atoms with Crippen LogP contribution < -0.4 is 10.6 Å². The predicted molar refractivity (Wildman–Crippen MR) is 123 cm³/mol. The fourth-order valence-electron chi connectivity index (χ4n) is 3.05. The molecular weight excluding hydrogens is 429 g/mol. The molecule has 0 saturated heterocycles. The molecule has 2 aromatic carbocycles. The first kappa shape index (κ1) is 23.6. The number of carbonyl (C=O) groups is 1. The summed E-state index contributed by atoms with van der Waals surface area (Å²) >= 11 is 1.20. The zero-order chi connectivity index (χ0) is 23.1. The highest BCUT2D eigenvalue weighted by Gasteiger charge is 2.17. The van der Waals surface area contributed by atoms with Crippen LogP contribution in [0, 0.1) is 5.82 Å². The molecule has 1 amide bonds. The van der Waals surface area contributed by atoms with Crippen LogP contribution in [0.4, 0.5) is 4.39 Å². The fourth-order valence-corrected chi connectivity index (χ4v) is 3.83. The number of nitrogen functional groups attached to an aromatic ring is 1. The maximum absolute atomic E-state index is 13.4. The lowest BCUT2D eigenvalue weighted by Crippen LogP contribution is -2.32. The Morgan fingerprint density at radius 3 is 2.62 bits per heavy atom. The molecule has 0 aliphatic rings. The van der Waals surface area contributed by atoms with Crippen molar-refractivity contribution in [3.05, 3.63) is 71.3 Å². The van der Waals surface area contributed by atoms with Crippen molar-refractivity contribution >= 4 is 17.7 Å². The molecule has 9 heteroatoms. The summed E-state index contributed by atoms with van der Waals surface area (Å²) in [6.45, 7) is 7.18. The molecule has 2 N–H and O–H groups in total. The molecule has 0 bridgehead atoms. The highest BCUT2D eigenvalue weighted by atomic mass is 32.2. The van der Waals surface area contributed by atoms with Crippen molar-refractivity contribution in [2.45, 2.75) is 45.0 Å². The van der Waals surface area contributed by atoms with Gasteiger partial charge in [-0.2, -0.15) is 0 Å². The lowest BCUT2D eigenvalue weighted by atomic mass is 10.0. The minimum Gasteiger partial charge on any atom is -0.486 e. The quantitative estimate of drug-likeness (QED) is 0.366. The van der Waals surface area contributed by atoms with Crippen LogP contribution in [0.3, 0.4) is 0 Å². The number of aromatic nitrogens is 3. The number of thioether (sulfide) groups is 1. The molecule has 7 nitrogen and oxygen atoms in total. The molecule has 3 rings (SSSR count). The second kappa shape index (κ2) is 11.0. The Morgan fingerprint density at radius 1 is 1.22 bits per heavy atom. The second-order valence-corrected chi connectivity index (χ2v) is 8.55. The first-order valence-electron chi connectivity index (χ1n) is 10.4. The number of nitrogens with zero attached hydrogens (tertiary/aromatic N) is 4. The molecule has 3 aromatic rings. The molecule has 32 heavy (non-hydrogen) atoms. The topological polar surface area (TPSA) is 86.3 Å². The van der Waals surface area contributed by atoms with E-state index in [-0.39, 0.29) is 24.1 Å². The van der Waals surface area contributed by atoms with E-state index in [1.165, 1.54) is 34.1 Å². The summed E-state index contributed by atoms with van der Waals surface area (Å²) in [5, 5.41) is 8.57. The zero-order valence-electron chi connectivity index (χ0n) is 18.5. The normalized spacial score (nSPS) is 11.0. The van der Waals surface area contributed by atoms with Crippen LogP contribution in [0.15, 0.2) is 53.7 Å². The van der Waals surface area contributed by atoms with Gasteiger partial charge in [-0.1, -0.05) is 49.9 Å². The standard InChI is InChI=1S/C23H28FN5O2S/c1-4-28(13-17-6-5-7-19(24)12-17)22(30)15-32-23-27-26-21(29(23)25)14-31-20-10-8-18(9-11-20)16(2)3/h5-12,16H,4,13-15,25H2,1-3H3. The van der Waals surface area contributed by atoms with E-state index in [4.69, 9.17) is 10.6 Å². The van der Waals surface area contributed by atoms with Crippen LogP contribution in [0.5, 0.6) is 5.75 Å². The van der Waals surface area contributed by atoms with Gasteiger partial charge in [0.2, 0.25) is 11.1 Å². The Hall–Kier alpha value is -3.07. The first-order valence-corrected chi connectivity index (χ1v) is 11.4. The molecule has 170 valence electrons. The number of amides is 1. The second-order valence-electron chi connectivity index (χ2n) is 7.61. The highest BCUT2D eigenvalue weighted by molar-refractivity contribution is 7.99. The Bertz CT molecular complexity index is 1040. The summed E-state index contributed by atoms with van der Waals surface area (Å²) in [5.41, 5.74) is 1.98. The Labute approximate surface area is 191 Å². The van der Waals surface area contributed by atoms with Crippen molar-refractivity contribution in [1.82, 2.24) is 19.8 Å². The van der Waals surface area contributed by atoms with E-state index in [0.29, 0.717) is 30.0 Å². The van der Waals surface area contributed by atoms with Gasteiger partial charge < -0.3 is 15.5 Å². The van der Waals surface area contributed by atoms with Crippen molar-refractivity contribution in [3.8, 4) is 5.75 Å². The van der Waals surface area contributed by atoms with Gasteiger partial charge in [-0.25, -0.2) is 9.07 Å². The van der Waals surface area contributed by atoms with Gasteiger partial charge in [0.15, 0.2) is 5.82 Å². The van der Waals surface area contributed by atoms with E-state index in [0.717, 1.165) is 11.3 Å². The molecule has 0 aliphatic carbocycles. The van der Waals surface area contributed by atoms with E-state index in [9.17, 15) is 9.18 Å². The van der Waals surface area contributed by atoms with Crippen molar-refractivity contribution < 1.29 is 13.9 Å². The molecule has 0 radical (unpaired) electrons. The third-order valence-electron chi connectivity index (χ3n) is 4.97. The smallest absolute Gasteiger partial charge is 0.233 e. The number of hydrogen-bond acceptors (Lipinski definition) is 6. The molecule has 0 saturated carbocycles. The van der Waals surface area contributed by atoms with E-state index in [2.05, 4.69) is 24.0 Å². The van der Waals surface area contributed by atoms with Crippen LogP contribution in [-0.2, 0) is 17.9 Å².